The normalized spacial score (nSPS) is 21.0. The summed E-state index contributed by atoms with van der Waals surface area (Å²) in [6.45, 7) is 1.87. The average Bonchev–Trinajstić information content (AvgIpc) is 3.21. The maximum Gasteiger partial charge on any atom is 0.287 e. The Kier molecular flexibility index (Phi) is 4.87. The fraction of sp³-hybridized carbons (Fsp3) is 0.375. The molecule has 0 spiro atoms. The smallest absolute Gasteiger partial charge is 0.287 e. The Bertz CT molecular complexity index is 1090. The van der Waals surface area contributed by atoms with Crippen LogP contribution in [0.2, 0.25) is 0 Å². The third-order valence-corrected chi connectivity index (χ3v) is 6.42. The number of fused-ring (bicyclic) bond motifs is 3. The summed E-state index contributed by atoms with van der Waals surface area (Å²) in [6, 6.07) is 12.5. The first-order valence-electron chi connectivity index (χ1n) is 10.4. The molecule has 1 saturated heterocycles. The van der Waals surface area contributed by atoms with E-state index in [-0.39, 0.29) is 11.9 Å². The lowest BCUT2D eigenvalue weighted by atomic mass is 9.86. The molecule has 30 heavy (non-hydrogen) atoms. The Morgan fingerprint density at radius 1 is 1.13 bits per heavy atom. The molecule has 3 heterocycles. The number of nitrogens with zero attached hydrogens (tertiary/aromatic N) is 1. The van der Waals surface area contributed by atoms with E-state index in [2.05, 4.69) is 22.3 Å². The minimum absolute atomic E-state index is 0.128. The van der Waals surface area contributed by atoms with Gasteiger partial charge in [0.05, 0.1) is 20.5 Å². The zero-order valence-corrected chi connectivity index (χ0v) is 17.3. The number of furan rings is 1. The Morgan fingerprint density at radius 2 is 1.90 bits per heavy atom. The predicted molar refractivity (Wildman–Crippen MR) is 114 cm³/mol. The number of methoxy groups -OCH3 is 2. The Hall–Kier alpha value is -2.99. The van der Waals surface area contributed by atoms with Crippen molar-refractivity contribution in [2.24, 2.45) is 0 Å². The number of nitrogens with one attached hydrogen (secondary N) is 1. The van der Waals surface area contributed by atoms with Crippen LogP contribution in [-0.2, 0) is 13.0 Å². The van der Waals surface area contributed by atoms with E-state index >= 15 is 0 Å². The number of piperidine rings is 1. The van der Waals surface area contributed by atoms with Crippen molar-refractivity contribution in [3.8, 4) is 11.5 Å². The van der Waals surface area contributed by atoms with Gasteiger partial charge in [-0.25, -0.2) is 0 Å². The molecule has 6 heteroatoms. The highest BCUT2D eigenvalue weighted by Gasteiger charge is 2.34. The van der Waals surface area contributed by atoms with Gasteiger partial charge in [0.15, 0.2) is 17.3 Å². The molecule has 6 nitrogen and oxygen atoms in total. The molecule has 0 saturated carbocycles. The van der Waals surface area contributed by atoms with Gasteiger partial charge in [0.2, 0.25) is 0 Å². The fourth-order valence-corrected chi connectivity index (χ4v) is 4.84. The molecule has 2 unspecified atom stereocenters. The number of hydrogen-bond donors (Lipinski definition) is 1. The van der Waals surface area contributed by atoms with Gasteiger partial charge in [0, 0.05) is 35.9 Å². The van der Waals surface area contributed by atoms with Gasteiger partial charge in [-0.15, -0.1) is 0 Å². The summed E-state index contributed by atoms with van der Waals surface area (Å²) in [7, 11) is 3.34. The van der Waals surface area contributed by atoms with Crippen LogP contribution in [0.15, 0.2) is 47.1 Å². The predicted octanol–water partition coefficient (Wildman–Crippen LogP) is 3.77. The number of carbonyl (C=O) groups excluding carboxylic acids is 1. The van der Waals surface area contributed by atoms with Crippen LogP contribution in [0.4, 0.5) is 0 Å². The first-order chi connectivity index (χ1) is 14.7. The van der Waals surface area contributed by atoms with Crippen molar-refractivity contribution in [1.29, 1.82) is 0 Å². The highest BCUT2D eigenvalue weighted by molar-refractivity contribution is 6.04. The summed E-state index contributed by atoms with van der Waals surface area (Å²) >= 11 is 0. The monoisotopic (exact) mass is 406 g/mol. The summed E-state index contributed by atoms with van der Waals surface area (Å²) in [5.41, 5.74) is 2.60. The molecule has 3 aromatic rings. The molecule has 1 aromatic heterocycles. The third kappa shape index (κ3) is 3.31. The molecule has 0 radical (unpaired) electrons. The van der Waals surface area contributed by atoms with Gasteiger partial charge in [0.25, 0.3) is 5.91 Å². The minimum Gasteiger partial charge on any atom is -0.493 e. The molecular formula is C24H26N2O4. The van der Waals surface area contributed by atoms with Crippen LogP contribution in [0.1, 0.15) is 34.5 Å². The van der Waals surface area contributed by atoms with Crippen LogP contribution >= 0.6 is 0 Å². The maximum atomic E-state index is 12.9. The summed E-state index contributed by atoms with van der Waals surface area (Å²) < 4.78 is 16.5. The highest BCUT2D eigenvalue weighted by Crippen LogP contribution is 2.36. The van der Waals surface area contributed by atoms with Crippen LogP contribution in [-0.4, -0.2) is 43.7 Å². The van der Waals surface area contributed by atoms with Crippen molar-refractivity contribution in [3.63, 3.8) is 0 Å². The highest BCUT2D eigenvalue weighted by atomic mass is 16.5. The van der Waals surface area contributed by atoms with E-state index in [9.17, 15) is 4.79 Å². The standard InChI is InChI=1S/C24H26N2O4/c1-28-21-10-16-9-19-12-18(7-8-26(19)13-17(16)11-22(21)29-2)25-24(27)23-20-6-4-3-5-15(20)14-30-23/h3-6,10-11,14,18-19H,7-9,12-13H2,1-2H3,(H,25,27). The summed E-state index contributed by atoms with van der Waals surface area (Å²) in [5, 5.41) is 5.02. The second-order valence-corrected chi connectivity index (χ2v) is 8.15. The van der Waals surface area contributed by atoms with Crippen molar-refractivity contribution in [2.45, 2.75) is 37.9 Å². The van der Waals surface area contributed by atoms with Crippen molar-refractivity contribution in [2.75, 3.05) is 20.8 Å². The molecule has 156 valence electrons. The maximum absolute atomic E-state index is 12.9. The Morgan fingerprint density at radius 3 is 2.70 bits per heavy atom. The van der Waals surface area contributed by atoms with Gasteiger partial charge < -0.3 is 19.2 Å². The van der Waals surface area contributed by atoms with Gasteiger partial charge >= 0.3 is 0 Å². The van der Waals surface area contributed by atoms with Crippen LogP contribution in [0.3, 0.4) is 0 Å². The SMILES string of the molecule is COc1cc2c(cc1OC)CN1CCC(NC(=O)c3occ4ccccc34)CC1C2. The number of rotatable bonds is 4. The number of carbonyl (C=O) groups is 1. The second-order valence-electron chi connectivity index (χ2n) is 8.15. The fourth-order valence-electron chi connectivity index (χ4n) is 4.84. The van der Waals surface area contributed by atoms with Crippen molar-refractivity contribution >= 4 is 16.7 Å². The van der Waals surface area contributed by atoms with E-state index in [0.29, 0.717) is 11.8 Å². The molecule has 2 atom stereocenters. The number of amides is 1. The van der Waals surface area contributed by atoms with E-state index < -0.39 is 0 Å². The van der Waals surface area contributed by atoms with Crippen LogP contribution < -0.4 is 14.8 Å². The van der Waals surface area contributed by atoms with Crippen molar-refractivity contribution < 1.29 is 18.7 Å². The molecular weight excluding hydrogens is 380 g/mol. The molecule has 5 rings (SSSR count). The van der Waals surface area contributed by atoms with Crippen molar-refractivity contribution in [3.05, 3.63) is 59.5 Å². The minimum atomic E-state index is -0.128. The summed E-state index contributed by atoms with van der Waals surface area (Å²) in [4.78, 5) is 15.4. The second kappa shape index (κ2) is 7.69. The average molecular weight is 406 g/mol. The van der Waals surface area contributed by atoms with E-state index in [1.54, 1.807) is 20.5 Å². The molecule has 1 fully saturated rings. The zero-order chi connectivity index (χ0) is 20.7. The van der Waals surface area contributed by atoms with E-state index in [1.165, 1.54) is 11.1 Å². The third-order valence-electron chi connectivity index (χ3n) is 6.42. The topological polar surface area (TPSA) is 63.9 Å². The lowest BCUT2D eigenvalue weighted by Crippen LogP contribution is -2.52. The zero-order valence-electron chi connectivity index (χ0n) is 17.3. The Labute approximate surface area is 175 Å². The molecule has 2 aromatic carbocycles. The van der Waals surface area contributed by atoms with Gasteiger partial charge in [0.1, 0.15) is 0 Å². The van der Waals surface area contributed by atoms with E-state index in [4.69, 9.17) is 13.9 Å². The molecule has 2 aliphatic rings. The van der Waals surface area contributed by atoms with Gasteiger partial charge in [-0.05, 0) is 42.5 Å². The largest absolute Gasteiger partial charge is 0.493 e. The quantitative estimate of drug-likeness (QED) is 0.715. The molecule has 2 aliphatic heterocycles. The summed E-state index contributed by atoms with van der Waals surface area (Å²) in [5.74, 6) is 1.83. The van der Waals surface area contributed by atoms with Crippen LogP contribution in [0.5, 0.6) is 11.5 Å². The first kappa shape index (κ1) is 19.0. The molecule has 1 amide bonds. The van der Waals surface area contributed by atoms with Crippen LogP contribution in [0, 0.1) is 0 Å². The first-order valence-corrected chi connectivity index (χ1v) is 10.4. The summed E-state index contributed by atoms with van der Waals surface area (Å²) in [6.07, 6.45) is 4.46. The number of hydrogen-bond acceptors (Lipinski definition) is 5. The van der Waals surface area contributed by atoms with E-state index in [1.807, 2.05) is 24.3 Å². The Balaban J connectivity index is 1.30. The van der Waals surface area contributed by atoms with Gasteiger partial charge in [-0.1, -0.05) is 24.3 Å². The lowest BCUT2D eigenvalue weighted by Gasteiger charge is -2.43. The van der Waals surface area contributed by atoms with Gasteiger partial charge in [-0.3, -0.25) is 9.69 Å². The van der Waals surface area contributed by atoms with Crippen LogP contribution in [0.25, 0.3) is 10.8 Å². The van der Waals surface area contributed by atoms with Crippen molar-refractivity contribution in [1.82, 2.24) is 10.2 Å². The number of ether oxygens (including phenoxy) is 2. The molecule has 1 N–H and O–H groups in total. The number of benzene rings is 2. The molecule has 0 bridgehead atoms. The molecule has 0 aliphatic carbocycles. The van der Waals surface area contributed by atoms with E-state index in [0.717, 1.165) is 54.6 Å². The lowest BCUT2D eigenvalue weighted by molar-refractivity contribution is 0.0801. The van der Waals surface area contributed by atoms with Gasteiger partial charge in [-0.2, -0.15) is 0 Å².